The summed E-state index contributed by atoms with van der Waals surface area (Å²) in [6, 6.07) is 4.54. The number of hydrogen-bond donors (Lipinski definition) is 2. The molecule has 0 heterocycles. The van der Waals surface area contributed by atoms with Gasteiger partial charge in [-0.1, -0.05) is 12.1 Å². The molecule has 0 aromatic heterocycles. The average molecular weight is 337 g/mol. The fourth-order valence-electron chi connectivity index (χ4n) is 1.72. The molecule has 0 unspecified atom stereocenters. The van der Waals surface area contributed by atoms with E-state index >= 15 is 0 Å². The normalized spacial score (nSPS) is 11.1. The van der Waals surface area contributed by atoms with E-state index in [0.29, 0.717) is 12.3 Å². The van der Waals surface area contributed by atoms with Crippen molar-refractivity contribution in [2.24, 2.45) is 0 Å². The largest absolute Gasteiger partial charge is 0.417 e. The Morgan fingerprint density at radius 3 is 2.36 bits per heavy atom. The summed E-state index contributed by atoms with van der Waals surface area (Å²) in [5.74, 6) is -0.674. The molecule has 4 nitrogen and oxygen atoms in total. The molecule has 0 bridgehead atoms. The molecular weight excluding hydrogens is 321 g/mol. The minimum atomic E-state index is -4.59. The summed E-state index contributed by atoms with van der Waals surface area (Å²) in [6.07, 6.45) is -3.78. The zero-order valence-electron chi connectivity index (χ0n) is 11.7. The highest BCUT2D eigenvalue weighted by Crippen LogP contribution is 2.31. The lowest BCUT2D eigenvalue weighted by Gasteiger charge is -2.12. The van der Waals surface area contributed by atoms with Crippen LogP contribution in [0, 0.1) is 0 Å². The second-order valence-corrected chi connectivity index (χ2v) is 4.82. The van der Waals surface area contributed by atoms with Crippen LogP contribution in [0.25, 0.3) is 0 Å². The van der Waals surface area contributed by atoms with Gasteiger partial charge in [0.05, 0.1) is 11.1 Å². The molecule has 0 atom stereocenters. The average Bonchev–Trinajstić information content (AvgIpc) is 2.48. The molecule has 122 valence electrons. The quantitative estimate of drug-likeness (QED) is 0.594. The topological polar surface area (TPSA) is 58.2 Å². The lowest BCUT2D eigenvalue weighted by Crippen LogP contribution is -2.35. The maximum atomic E-state index is 12.8. The van der Waals surface area contributed by atoms with Gasteiger partial charge in [-0.15, -0.1) is 11.6 Å². The Bertz CT molecular complexity index is 521. The molecule has 0 spiro atoms. The molecular formula is C14H16ClF3N2O2. The highest BCUT2D eigenvalue weighted by atomic mass is 35.5. The third-order valence-electron chi connectivity index (χ3n) is 2.75. The zero-order chi connectivity index (χ0) is 16.6. The molecule has 0 fully saturated rings. The molecule has 0 aliphatic heterocycles. The van der Waals surface area contributed by atoms with E-state index < -0.39 is 23.2 Å². The SMILES string of the molecule is O=C(CCCCl)NCCNC(=O)c1ccccc1C(F)(F)F. The van der Waals surface area contributed by atoms with Gasteiger partial charge < -0.3 is 10.6 Å². The van der Waals surface area contributed by atoms with Gasteiger partial charge in [-0.3, -0.25) is 9.59 Å². The van der Waals surface area contributed by atoms with Crippen LogP contribution < -0.4 is 10.6 Å². The van der Waals surface area contributed by atoms with Crippen LogP contribution in [0.15, 0.2) is 24.3 Å². The Labute approximate surface area is 131 Å². The molecule has 22 heavy (non-hydrogen) atoms. The highest BCUT2D eigenvalue weighted by Gasteiger charge is 2.34. The van der Waals surface area contributed by atoms with Crippen molar-refractivity contribution in [3.05, 3.63) is 35.4 Å². The molecule has 0 radical (unpaired) electrons. The highest BCUT2D eigenvalue weighted by molar-refractivity contribution is 6.17. The summed E-state index contributed by atoms with van der Waals surface area (Å²) in [5, 5.41) is 4.88. The Balaban J connectivity index is 2.49. The molecule has 1 rings (SSSR count). The van der Waals surface area contributed by atoms with Crippen LogP contribution in [-0.4, -0.2) is 30.8 Å². The van der Waals surface area contributed by atoms with Crippen molar-refractivity contribution >= 4 is 23.4 Å². The number of hydrogen-bond acceptors (Lipinski definition) is 2. The van der Waals surface area contributed by atoms with E-state index in [0.717, 1.165) is 12.1 Å². The summed E-state index contributed by atoms with van der Waals surface area (Å²) >= 11 is 5.44. The molecule has 0 saturated carbocycles. The van der Waals surface area contributed by atoms with Crippen molar-refractivity contribution in [1.29, 1.82) is 0 Å². The monoisotopic (exact) mass is 336 g/mol. The van der Waals surface area contributed by atoms with Gasteiger partial charge in [-0.25, -0.2) is 0 Å². The lowest BCUT2D eigenvalue weighted by atomic mass is 10.1. The first-order valence-electron chi connectivity index (χ1n) is 6.63. The summed E-state index contributed by atoms with van der Waals surface area (Å²) in [6.45, 7) is 0.179. The standard InChI is InChI=1S/C14H16ClF3N2O2/c15-7-3-6-12(21)19-8-9-20-13(22)10-4-1-2-5-11(10)14(16,17)18/h1-2,4-5H,3,6-9H2,(H,19,21)(H,20,22). The first kappa shape index (κ1) is 18.3. The van der Waals surface area contributed by atoms with Crippen molar-refractivity contribution in [3.8, 4) is 0 Å². The van der Waals surface area contributed by atoms with Gasteiger partial charge >= 0.3 is 6.18 Å². The van der Waals surface area contributed by atoms with E-state index in [1.807, 2.05) is 0 Å². The van der Waals surface area contributed by atoms with Gasteiger partial charge in [0, 0.05) is 25.4 Å². The van der Waals surface area contributed by atoms with Crippen molar-refractivity contribution in [3.63, 3.8) is 0 Å². The molecule has 0 aliphatic rings. The van der Waals surface area contributed by atoms with Crippen LogP contribution in [0.2, 0.25) is 0 Å². The van der Waals surface area contributed by atoms with E-state index in [-0.39, 0.29) is 25.4 Å². The smallest absolute Gasteiger partial charge is 0.354 e. The maximum Gasteiger partial charge on any atom is 0.417 e. The Kier molecular flexibility index (Phi) is 7.17. The Morgan fingerprint density at radius 1 is 1.09 bits per heavy atom. The van der Waals surface area contributed by atoms with Crippen LogP contribution >= 0.6 is 11.6 Å². The van der Waals surface area contributed by atoms with Crippen LogP contribution in [-0.2, 0) is 11.0 Å². The number of nitrogens with one attached hydrogen (secondary N) is 2. The predicted molar refractivity (Wildman–Crippen MR) is 76.7 cm³/mol. The van der Waals surface area contributed by atoms with Crippen LogP contribution in [0.3, 0.4) is 0 Å². The Morgan fingerprint density at radius 2 is 1.73 bits per heavy atom. The fraction of sp³-hybridized carbons (Fsp3) is 0.429. The van der Waals surface area contributed by atoms with Crippen LogP contribution in [0.4, 0.5) is 13.2 Å². The number of amides is 2. The van der Waals surface area contributed by atoms with Gasteiger partial charge in [0.15, 0.2) is 0 Å². The summed E-state index contributed by atoms with van der Waals surface area (Å²) in [7, 11) is 0. The van der Waals surface area contributed by atoms with E-state index in [9.17, 15) is 22.8 Å². The maximum absolute atomic E-state index is 12.8. The third kappa shape index (κ3) is 5.93. The van der Waals surface area contributed by atoms with Crippen LogP contribution in [0.5, 0.6) is 0 Å². The number of halogens is 4. The van der Waals surface area contributed by atoms with Crippen molar-refractivity contribution in [2.45, 2.75) is 19.0 Å². The first-order valence-corrected chi connectivity index (χ1v) is 7.16. The second-order valence-electron chi connectivity index (χ2n) is 4.44. The van der Waals surface area contributed by atoms with Crippen molar-refractivity contribution < 1.29 is 22.8 Å². The van der Waals surface area contributed by atoms with E-state index in [1.54, 1.807) is 0 Å². The number of alkyl halides is 4. The van der Waals surface area contributed by atoms with Crippen LogP contribution in [0.1, 0.15) is 28.8 Å². The fourth-order valence-corrected chi connectivity index (χ4v) is 1.85. The molecule has 1 aromatic carbocycles. The second kappa shape index (κ2) is 8.63. The van der Waals surface area contributed by atoms with E-state index in [4.69, 9.17) is 11.6 Å². The Hall–Kier alpha value is -1.76. The molecule has 1 aromatic rings. The van der Waals surface area contributed by atoms with E-state index in [1.165, 1.54) is 12.1 Å². The van der Waals surface area contributed by atoms with Gasteiger partial charge in [0.1, 0.15) is 0 Å². The first-order chi connectivity index (χ1) is 10.4. The number of carbonyl (C=O) groups excluding carboxylic acids is 2. The van der Waals surface area contributed by atoms with E-state index in [2.05, 4.69) is 10.6 Å². The summed E-state index contributed by atoms with van der Waals surface area (Å²) in [5.41, 5.74) is -1.43. The molecule has 2 amide bonds. The minimum absolute atomic E-state index is 0.0393. The van der Waals surface area contributed by atoms with Crippen molar-refractivity contribution in [2.75, 3.05) is 19.0 Å². The minimum Gasteiger partial charge on any atom is -0.354 e. The summed E-state index contributed by atoms with van der Waals surface area (Å²) in [4.78, 5) is 23.1. The van der Waals surface area contributed by atoms with Gasteiger partial charge in [0.2, 0.25) is 5.91 Å². The molecule has 8 heteroatoms. The number of rotatable bonds is 7. The van der Waals surface area contributed by atoms with Gasteiger partial charge in [-0.05, 0) is 18.6 Å². The lowest BCUT2D eigenvalue weighted by molar-refractivity contribution is -0.138. The molecule has 0 aliphatic carbocycles. The molecule has 2 N–H and O–H groups in total. The predicted octanol–water partition coefficient (Wildman–Crippen LogP) is 2.57. The number of carbonyl (C=O) groups is 2. The third-order valence-corrected chi connectivity index (χ3v) is 3.01. The summed E-state index contributed by atoms with van der Waals surface area (Å²) < 4.78 is 38.3. The van der Waals surface area contributed by atoms with Crippen molar-refractivity contribution in [1.82, 2.24) is 10.6 Å². The number of benzene rings is 1. The van der Waals surface area contributed by atoms with Gasteiger partial charge in [0.25, 0.3) is 5.91 Å². The zero-order valence-corrected chi connectivity index (χ0v) is 12.4. The molecule has 0 saturated heterocycles. The van der Waals surface area contributed by atoms with Gasteiger partial charge in [-0.2, -0.15) is 13.2 Å².